The lowest BCUT2D eigenvalue weighted by Gasteiger charge is -2.32. The van der Waals surface area contributed by atoms with Crippen LogP contribution in [-0.2, 0) is 16.1 Å². The predicted octanol–water partition coefficient (Wildman–Crippen LogP) is 3.20. The third-order valence-electron chi connectivity index (χ3n) is 7.18. The number of benzene rings is 2. The van der Waals surface area contributed by atoms with E-state index in [9.17, 15) is 4.79 Å². The summed E-state index contributed by atoms with van der Waals surface area (Å²) < 4.78 is 11.5. The van der Waals surface area contributed by atoms with Crippen molar-refractivity contribution in [2.24, 2.45) is 0 Å². The second-order valence-electron chi connectivity index (χ2n) is 9.63. The summed E-state index contributed by atoms with van der Waals surface area (Å²) in [4.78, 5) is 27.0. The minimum atomic E-state index is -0.142. The van der Waals surface area contributed by atoms with E-state index in [0.717, 1.165) is 68.4 Å². The summed E-state index contributed by atoms with van der Waals surface area (Å²) in [5, 5.41) is 6.49. The second kappa shape index (κ2) is 10.7. The van der Waals surface area contributed by atoms with Crippen molar-refractivity contribution in [1.29, 1.82) is 0 Å². The van der Waals surface area contributed by atoms with Crippen LogP contribution in [0.15, 0.2) is 54.7 Å². The summed E-state index contributed by atoms with van der Waals surface area (Å²) in [6.45, 7) is 5.61. The Morgan fingerprint density at radius 2 is 1.92 bits per heavy atom. The Morgan fingerprint density at radius 1 is 1.00 bits per heavy atom. The number of rotatable bonds is 1. The molecule has 0 spiro atoms. The molecule has 3 aromatic rings. The van der Waals surface area contributed by atoms with Crippen molar-refractivity contribution in [3.8, 4) is 17.0 Å². The van der Waals surface area contributed by atoms with Gasteiger partial charge in [0, 0.05) is 42.8 Å². The van der Waals surface area contributed by atoms with E-state index in [1.165, 1.54) is 11.3 Å². The van der Waals surface area contributed by atoms with E-state index < -0.39 is 0 Å². The molecule has 1 amide bonds. The van der Waals surface area contributed by atoms with Gasteiger partial charge in [-0.15, -0.1) is 0 Å². The standard InChI is InChI=1S/C28H32N6O3/c35-27-26-5-2-11-34(26)19-21-17-22(6-7-25(21)33-12-15-36-16-13-33)31-28-30-9-8-24(32-28)20-3-1-4-23(18-20)37-14-10-29-27/h1,3-4,6-9,17-18,26H,2,5,10-16,19H2,(H,29,35)(H,30,31,32)/t26-/m0/s1. The lowest BCUT2D eigenvalue weighted by Crippen LogP contribution is -2.44. The van der Waals surface area contributed by atoms with Gasteiger partial charge < -0.3 is 25.0 Å². The molecule has 1 atom stereocenters. The van der Waals surface area contributed by atoms with E-state index in [2.05, 4.69) is 43.6 Å². The highest BCUT2D eigenvalue weighted by Gasteiger charge is 2.31. The molecular formula is C28H32N6O3. The highest BCUT2D eigenvalue weighted by molar-refractivity contribution is 5.82. The molecule has 6 bridgehead atoms. The van der Waals surface area contributed by atoms with E-state index >= 15 is 0 Å². The predicted molar refractivity (Wildman–Crippen MR) is 142 cm³/mol. The third kappa shape index (κ3) is 5.38. The first kappa shape index (κ1) is 23.7. The lowest BCUT2D eigenvalue weighted by molar-refractivity contribution is -0.125. The maximum Gasteiger partial charge on any atom is 0.237 e. The minimum Gasteiger partial charge on any atom is -0.492 e. The number of anilines is 3. The normalized spacial score (nSPS) is 20.6. The summed E-state index contributed by atoms with van der Waals surface area (Å²) in [7, 11) is 0. The molecule has 2 N–H and O–H groups in total. The van der Waals surface area contributed by atoms with E-state index in [-0.39, 0.29) is 11.9 Å². The maximum atomic E-state index is 13.1. The SMILES string of the molecule is O=C1NCCOc2cccc(c2)-c2ccnc(n2)Nc2ccc(N3CCOCC3)c(c2)CN2CCC[C@@H]12. The van der Waals surface area contributed by atoms with Gasteiger partial charge in [0.2, 0.25) is 11.9 Å². The Kier molecular flexibility index (Phi) is 6.88. The molecule has 2 aromatic carbocycles. The van der Waals surface area contributed by atoms with Crippen LogP contribution in [0.5, 0.6) is 5.75 Å². The Labute approximate surface area is 216 Å². The van der Waals surface area contributed by atoms with Crippen LogP contribution < -0.4 is 20.3 Å². The zero-order valence-corrected chi connectivity index (χ0v) is 20.9. The van der Waals surface area contributed by atoms with Crippen LogP contribution in [0, 0.1) is 0 Å². The fourth-order valence-corrected chi connectivity index (χ4v) is 5.35. The quantitative estimate of drug-likeness (QED) is 0.527. The van der Waals surface area contributed by atoms with Crippen LogP contribution in [0.1, 0.15) is 18.4 Å². The van der Waals surface area contributed by atoms with Crippen molar-refractivity contribution in [1.82, 2.24) is 20.2 Å². The van der Waals surface area contributed by atoms with Gasteiger partial charge in [-0.2, -0.15) is 0 Å². The van der Waals surface area contributed by atoms with Gasteiger partial charge in [-0.05, 0) is 61.3 Å². The number of amides is 1. The van der Waals surface area contributed by atoms with Gasteiger partial charge in [-0.25, -0.2) is 9.97 Å². The number of carbonyl (C=O) groups is 1. The summed E-state index contributed by atoms with van der Waals surface area (Å²) in [5.41, 5.74) is 5.04. The Hall–Kier alpha value is -3.69. The van der Waals surface area contributed by atoms with Gasteiger partial charge in [0.05, 0.1) is 31.5 Å². The van der Waals surface area contributed by atoms with Crippen LogP contribution in [0.4, 0.5) is 17.3 Å². The molecule has 3 aliphatic rings. The van der Waals surface area contributed by atoms with Gasteiger partial charge in [-0.1, -0.05) is 12.1 Å². The van der Waals surface area contributed by atoms with Crippen molar-refractivity contribution in [3.63, 3.8) is 0 Å². The molecule has 9 nitrogen and oxygen atoms in total. The summed E-state index contributed by atoms with van der Waals surface area (Å²) in [5.74, 6) is 1.35. The Bertz CT molecular complexity index is 1260. The van der Waals surface area contributed by atoms with E-state index in [0.29, 0.717) is 25.6 Å². The number of hydrogen-bond donors (Lipinski definition) is 2. The number of ether oxygens (including phenoxy) is 2. The van der Waals surface area contributed by atoms with E-state index in [4.69, 9.17) is 14.5 Å². The molecular weight excluding hydrogens is 468 g/mol. The molecule has 37 heavy (non-hydrogen) atoms. The van der Waals surface area contributed by atoms with Gasteiger partial charge in [-0.3, -0.25) is 9.69 Å². The first-order valence-electron chi connectivity index (χ1n) is 13.0. The average Bonchev–Trinajstić information content (AvgIpc) is 3.40. The number of aromatic nitrogens is 2. The molecule has 2 fully saturated rings. The Morgan fingerprint density at radius 3 is 2.84 bits per heavy atom. The van der Waals surface area contributed by atoms with E-state index in [1.807, 2.05) is 30.3 Å². The third-order valence-corrected chi connectivity index (χ3v) is 7.18. The fraction of sp³-hybridized carbons (Fsp3) is 0.393. The minimum absolute atomic E-state index is 0.0709. The lowest BCUT2D eigenvalue weighted by atomic mass is 10.1. The zero-order chi connectivity index (χ0) is 25.0. The van der Waals surface area contributed by atoms with Crippen molar-refractivity contribution in [2.75, 3.05) is 56.2 Å². The van der Waals surface area contributed by atoms with Crippen LogP contribution in [-0.4, -0.2) is 72.8 Å². The molecule has 0 unspecified atom stereocenters. The van der Waals surface area contributed by atoms with Crippen LogP contribution in [0.3, 0.4) is 0 Å². The summed E-state index contributed by atoms with van der Waals surface area (Å²) >= 11 is 0. The van der Waals surface area contributed by atoms with Gasteiger partial charge in [0.25, 0.3) is 0 Å². The number of fused-ring (bicyclic) bond motifs is 8. The number of nitrogens with one attached hydrogen (secondary N) is 2. The second-order valence-corrected chi connectivity index (χ2v) is 9.63. The summed E-state index contributed by atoms with van der Waals surface area (Å²) in [6, 6.07) is 16.0. The highest BCUT2D eigenvalue weighted by atomic mass is 16.5. The van der Waals surface area contributed by atoms with Crippen molar-refractivity contribution in [3.05, 3.63) is 60.3 Å². The average molecular weight is 501 g/mol. The molecule has 2 saturated heterocycles. The number of morpholine rings is 1. The van der Waals surface area contributed by atoms with Crippen molar-refractivity contribution >= 4 is 23.2 Å². The fourth-order valence-electron chi connectivity index (χ4n) is 5.35. The molecule has 6 rings (SSSR count). The van der Waals surface area contributed by atoms with E-state index in [1.54, 1.807) is 6.20 Å². The highest BCUT2D eigenvalue weighted by Crippen LogP contribution is 2.31. The summed E-state index contributed by atoms with van der Waals surface area (Å²) in [6.07, 6.45) is 3.64. The molecule has 3 aliphatic heterocycles. The van der Waals surface area contributed by atoms with Crippen LogP contribution in [0.2, 0.25) is 0 Å². The number of carbonyl (C=O) groups excluding carboxylic acids is 1. The van der Waals surface area contributed by atoms with Crippen molar-refractivity contribution in [2.45, 2.75) is 25.4 Å². The zero-order valence-electron chi connectivity index (χ0n) is 20.9. The van der Waals surface area contributed by atoms with Gasteiger partial charge >= 0.3 is 0 Å². The van der Waals surface area contributed by atoms with Crippen LogP contribution >= 0.6 is 0 Å². The maximum absolute atomic E-state index is 13.1. The van der Waals surface area contributed by atoms with Crippen LogP contribution in [0.25, 0.3) is 11.3 Å². The first-order chi connectivity index (χ1) is 18.2. The molecule has 9 heteroatoms. The largest absolute Gasteiger partial charge is 0.492 e. The molecule has 4 heterocycles. The van der Waals surface area contributed by atoms with Gasteiger partial charge in [0.15, 0.2) is 0 Å². The Balaban J connectivity index is 1.37. The first-order valence-corrected chi connectivity index (χ1v) is 13.0. The molecule has 0 radical (unpaired) electrons. The molecule has 192 valence electrons. The van der Waals surface area contributed by atoms with Crippen molar-refractivity contribution < 1.29 is 14.3 Å². The molecule has 1 aromatic heterocycles. The number of hydrogen-bond acceptors (Lipinski definition) is 8. The topological polar surface area (TPSA) is 91.8 Å². The number of nitrogens with zero attached hydrogens (tertiary/aromatic N) is 4. The molecule has 0 saturated carbocycles. The molecule has 0 aliphatic carbocycles. The van der Waals surface area contributed by atoms with Gasteiger partial charge in [0.1, 0.15) is 12.4 Å². The monoisotopic (exact) mass is 500 g/mol. The smallest absolute Gasteiger partial charge is 0.237 e.